The van der Waals surface area contributed by atoms with E-state index in [-0.39, 0.29) is 23.8 Å². The fraction of sp³-hybridized carbons (Fsp3) is 0.533. The average Bonchev–Trinajstić information content (AvgIpc) is 2.69. The maximum Gasteiger partial charge on any atom is 0.305 e. The maximum absolute atomic E-state index is 11.9. The van der Waals surface area contributed by atoms with Crippen LogP contribution in [0.15, 0.2) is 11.5 Å². The summed E-state index contributed by atoms with van der Waals surface area (Å²) >= 11 is 1.51. The van der Waals surface area contributed by atoms with Gasteiger partial charge in [0.15, 0.2) is 0 Å². The largest absolute Gasteiger partial charge is 0.481 e. The molecule has 2 N–H and O–H groups in total. The number of thiazole rings is 1. The maximum atomic E-state index is 11.9. The zero-order valence-electron chi connectivity index (χ0n) is 12.8. The Morgan fingerprint density at radius 2 is 2.14 bits per heavy atom. The molecular weight excluding hydrogens is 288 g/mol. The first kappa shape index (κ1) is 17.4. The number of aromatic nitrogens is 1. The van der Waals surface area contributed by atoms with E-state index in [0.29, 0.717) is 6.42 Å². The van der Waals surface area contributed by atoms with Crippen molar-refractivity contribution < 1.29 is 14.7 Å². The van der Waals surface area contributed by atoms with E-state index in [9.17, 15) is 9.59 Å². The van der Waals surface area contributed by atoms with Gasteiger partial charge in [0.2, 0.25) is 5.91 Å². The van der Waals surface area contributed by atoms with E-state index in [0.717, 1.165) is 10.7 Å². The third-order valence-electron chi connectivity index (χ3n) is 2.67. The Balaban J connectivity index is 2.62. The number of hydrogen-bond acceptors (Lipinski definition) is 4. The molecule has 5 nitrogen and oxygen atoms in total. The smallest absolute Gasteiger partial charge is 0.305 e. The van der Waals surface area contributed by atoms with Crippen molar-refractivity contribution in [2.24, 2.45) is 5.41 Å². The predicted octanol–water partition coefficient (Wildman–Crippen LogP) is 2.86. The summed E-state index contributed by atoms with van der Waals surface area (Å²) in [5, 5.41) is 14.5. The molecule has 0 aliphatic heterocycles. The second kappa shape index (κ2) is 7.36. The van der Waals surface area contributed by atoms with E-state index in [1.54, 1.807) is 6.08 Å². The minimum Gasteiger partial charge on any atom is -0.481 e. The summed E-state index contributed by atoms with van der Waals surface area (Å²) in [6, 6.07) is -0.378. The molecule has 0 fully saturated rings. The van der Waals surface area contributed by atoms with Gasteiger partial charge >= 0.3 is 5.97 Å². The van der Waals surface area contributed by atoms with Gasteiger partial charge in [-0.05, 0) is 24.8 Å². The van der Waals surface area contributed by atoms with Crippen LogP contribution in [-0.2, 0) is 9.59 Å². The van der Waals surface area contributed by atoms with Crippen LogP contribution in [0, 0.1) is 12.3 Å². The Hall–Kier alpha value is -1.69. The van der Waals surface area contributed by atoms with Crippen molar-refractivity contribution in [1.29, 1.82) is 0 Å². The molecule has 0 aliphatic rings. The van der Waals surface area contributed by atoms with Crippen molar-refractivity contribution >= 4 is 29.3 Å². The molecule has 0 aliphatic carbocycles. The molecule has 1 atom stereocenters. The highest BCUT2D eigenvalue weighted by Gasteiger charge is 2.22. The SMILES string of the molecule is Cc1nc(/C=C/C(=O)NC(CC(=O)O)CC(C)(C)C)cs1. The molecule has 0 bridgehead atoms. The number of carboxylic acid groups (broad SMARTS) is 1. The molecule has 0 aromatic carbocycles. The molecule has 21 heavy (non-hydrogen) atoms. The van der Waals surface area contributed by atoms with Crippen molar-refractivity contribution in [3.63, 3.8) is 0 Å². The Bertz CT molecular complexity index is 529. The summed E-state index contributed by atoms with van der Waals surface area (Å²) in [5.41, 5.74) is 0.682. The van der Waals surface area contributed by atoms with E-state index >= 15 is 0 Å². The fourth-order valence-electron chi connectivity index (χ4n) is 1.99. The summed E-state index contributed by atoms with van der Waals surface area (Å²) in [4.78, 5) is 27.0. The Labute approximate surface area is 129 Å². The fourth-order valence-corrected chi connectivity index (χ4v) is 2.57. The molecule has 1 aromatic heterocycles. The minimum atomic E-state index is -0.913. The van der Waals surface area contributed by atoms with Crippen molar-refractivity contribution in [3.8, 4) is 0 Å². The molecular formula is C15H22N2O3S. The predicted molar refractivity (Wildman–Crippen MR) is 84.1 cm³/mol. The number of carbonyl (C=O) groups is 2. The van der Waals surface area contributed by atoms with Crippen molar-refractivity contribution in [1.82, 2.24) is 10.3 Å². The zero-order chi connectivity index (χ0) is 16.0. The lowest BCUT2D eigenvalue weighted by Crippen LogP contribution is -2.38. The molecule has 0 saturated heterocycles. The van der Waals surface area contributed by atoms with Gasteiger partial charge in [0.25, 0.3) is 0 Å². The molecule has 1 unspecified atom stereocenters. The number of nitrogens with one attached hydrogen (secondary N) is 1. The van der Waals surface area contributed by atoms with Crippen molar-refractivity contribution in [2.45, 2.75) is 46.6 Å². The monoisotopic (exact) mass is 310 g/mol. The van der Waals surface area contributed by atoms with Gasteiger partial charge in [0, 0.05) is 17.5 Å². The third kappa shape index (κ3) is 7.60. The lowest BCUT2D eigenvalue weighted by atomic mass is 9.87. The van der Waals surface area contributed by atoms with Crippen LogP contribution in [0.2, 0.25) is 0 Å². The number of aliphatic carboxylic acids is 1. The first-order chi connectivity index (χ1) is 9.65. The van der Waals surface area contributed by atoms with Crippen LogP contribution in [-0.4, -0.2) is 28.0 Å². The van der Waals surface area contributed by atoms with Gasteiger partial charge in [-0.15, -0.1) is 11.3 Å². The van der Waals surface area contributed by atoms with Gasteiger partial charge in [0.05, 0.1) is 17.1 Å². The van der Waals surface area contributed by atoms with Gasteiger partial charge in [-0.25, -0.2) is 4.98 Å². The van der Waals surface area contributed by atoms with Crippen LogP contribution < -0.4 is 5.32 Å². The second-order valence-corrected chi connectivity index (χ2v) is 7.26. The van der Waals surface area contributed by atoms with Gasteiger partial charge in [-0.3, -0.25) is 9.59 Å². The number of nitrogens with zero attached hydrogens (tertiary/aromatic N) is 1. The van der Waals surface area contributed by atoms with Crippen molar-refractivity contribution in [3.05, 3.63) is 22.2 Å². The Morgan fingerprint density at radius 1 is 1.48 bits per heavy atom. The van der Waals surface area contributed by atoms with Gasteiger partial charge in [-0.1, -0.05) is 20.8 Å². The van der Waals surface area contributed by atoms with E-state index < -0.39 is 5.97 Å². The lowest BCUT2D eigenvalue weighted by molar-refractivity contribution is -0.137. The summed E-state index contributed by atoms with van der Waals surface area (Å²) < 4.78 is 0. The number of hydrogen-bond donors (Lipinski definition) is 2. The molecule has 1 heterocycles. The first-order valence-corrected chi connectivity index (χ1v) is 7.66. The lowest BCUT2D eigenvalue weighted by Gasteiger charge is -2.25. The second-order valence-electron chi connectivity index (χ2n) is 6.19. The molecule has 1 aromatic rings. The quantitative estimate of drug-likeness (QED) is 0.792. The standard InChI is InChI=1S/C15H22N2O3S/c1-10-16-11(9-21-10)5-6-13(18)17-12(7-14(19)20)8-15(2,3)4/h5-6,9,12H,7-8H2,1-4H3,(H,17,18)(H,19,20)/b6-5+. The number of amides is 1. The summed E-state index contributed by atoms with van der Waals surface area (Å²) in [6.07, 6.45) is 3.56. The number of rotatable bonds is 6. The molecule has 6 heteroatoms. The molecule has 1 amide bonds. The van der Waals surface area contributed by atoms with Crippen LogP contribution in [0.5, 0.6) is 0 Å². The van der Waals surface area contributed by atoms with Gasteiger partial charge < -0.3 is 10.4 Å². The zero-order valence-corrected chi connectivity index (χ0v) is 13.7. The topological polar surface area (TPSA) is 79.3 Å². The molecule has 0 spiro atoms. The first-order valence-electron chi connectivity index (χ1n) is 6.78. The highest BCUT2D eigenvalue weighted by Crippen LogP contribution is 2.22. The molecule has 116 valence electrons. The molecule has 0 radical (unpaired) electrons. The molecule has 1 rings (SSSR count). The highest BCUT2D eigenvalue weighted by atomic mass is 32.1. The number of carboxylic acids is 1. The van der Waals surface area contributed by atoms with E-state index in [4.69, 9.17) is 5.11 Å². The average molecular weight is 310 g/mol. The number of carbonyl (C=O) groups excluding carboxylic acids is 1. The van der Waals surface area contributed by atoms with Crippen LogP contribution in [0.3, 0.4) is 0 Å². The van der Waals surface area contributed by atoms with Crippen LogP contribution in [0.1, 0.15) is 44.3 Å². The highest BCUT2D eigenvalue weighted by molar-refractivity contribution is 7.09. The Kier molecular flexibility index (Phi) is 6.08. The van der Waals surface area contributed by atoms with Crippen LogP contribution in [0.25, 0.3) is 6.08 Å². The van der Waals surface area contributed by atoms with E-state index in [1.807, 2.05) is 33.1 Å². The minimum absolute atomic E-state index is 0.0524. The number of aryl methyl sites for hydroxylation is 1. The van der Waals surface area contributed by atoms with E-state index in [1.165, 1.54) is 17.4 Å². The van der Waals surface area contributed by atoms with Crippen molar-refractivity contribution in [2.75, 3.05) is 0 Å². The van der Waals surface area contributed by atoms with Gasteiger partial charge in [-0.2, -0.15) is 0 Å². The third-order valence-corrected chi connectivity index (χ3v) is 3.46. The molecule has 0 saturated carbocycles. The summed E-state index contributed by atoms with van der Waals surface area (Å²) in [6.45, 7) is 7.94. The summed E-state index contributed by atoms with van der Waals surface area (Å²) in [7, 11) is 0. The van der Waals surface area contributed by atoms with Crippen LogP contribution in [0.4, 0.5) is 0 Å². The summed E-state index contributed by atoms with van der Waals surface area (Å²) in [5.74, 6) is -1.21. The van der Waals surface area contributed by atoms with E-state index in [2.05, 4.69) is 10.3 Å². The van der Waals surface area contributed by atoms with Gasteiger partial charge in [0.1, 0.15) is 0 Å². The van der Waals surface area contributed by atoms with Crippen LogP contribution >= 0.6 is 11.3 Å². The normalized spacial score (nSPS) is 13.3. The Morgan fingerprint density at radius 3 is 2.62 bits per heavy atom.